The molecule has 3 rings (SSSR count). The maximum Gasteiger partial charge on any atom is 0.312 e. The summed E-state index contributed by atoms with van der Waals surface area (Å²) in [5.41, 5.74) is 6.84. The van der Waals surface area contributed by atoms with Crippen molar-refractivity contribution in [1.29, 1.82) is 0 Å². The van der Waals surface area contributed by atoms with E-state index in [2.05, 4.69) is 20.5 Å². The molecule has 154 valence electrons. The maximum absolute atomic E-state index is 12.5. The molecule has 2 heterocycles. The van der Waals surface area contributed by atoms with E-state index in [1.807, 2.05) is 12.1 Å². The zero-order chi connectivity index (χ0) is 20.6. The normalized spacial score (nSPS) is 14.9. The Balaban J connectivity index is 1.60. The summed E-state index contributed by atoms with van der Waals surface area (Å²) in [5.74, 6) is 0.637. The number of hydrogen-bond acceptors (Lipinski definition) is 5. The van der Waals surface area contributed by atoms with Crippen molar-refractivity contribution >= 4 is 29.4 Å². The Morgan fingerprint density at radius 2 is 2.00 bits per heavy atom. The molecule has 9 heteroatoms. The number of nitrogens with one attached hydrogen (secondary N) is 2. The van der Waals surface area contributed by atoms with Gasteiger partial charge in [0.25, 0.3) is 0 Å². The Hall–Kier alpha value is -2.84. The summed E-state index contributed by atoms with van der Waals surface area (Å²) in [7, 11) is 0. The second kappa shape index (κ2) is 10.1. The number of ether oxygens (including phenoxy) is 1. The molecule has 1 fully saturated rings. The Labute approximate surface area is 174 Å². The number of pyridine rings is 1. The van der Waals surface area contributed by atoms with Gasteiger partial charge in [0.15, 0.2) is 0 Å². The van der Waals surface area contributed by atoms with Crippen LogP contribution >= 0.6 is 11.6 Å². The van der Waals surface area contributed by atoms with Gasteiger partial charge in [0.05, 0.1) is 25.7 Å². The number of urea groups is 1. The van der Waals surface area contributed by atoms with E-state index in [0.29, 0.717) is 30.3 Å². The fourth-order valence-electron chi connectivity index (χ4n) is 3.16. The number of carbonyl (C=O) groups is 2. The molecule has 1 aliphatic rings. The van der Waals surface area contributed by atoms with Crippen molar-refractivity contribution in [3.63, 3.8) is 0 Å². The van der Waals surface area contributed by atoms with Crippen molar-refractivity contribution in [2.24, 2.45) is 5.73 Å². The van der Waals surface area contributed by atoms with Gasteiger partial charge in [-0.05, 0) is 29.3 Å². The first-order chi connectivity index (χ1) is 14.0. The van der Waals surface area contributed by atoms with E-state index in [-0.39, 0.29) is 12.3 Å². The van der Waals surface area contributed by atoms with Crippen molar-refractivity contribution in [3.05, 3.63) is 58.7 Å². The predicted octanol–water partition coefficient (Wildman–Crippen LogP) is 1.99. The number of nitrogens with two attached hydrogens (primary N) is 1. The van der Waals surface area contributed by atoms with Crippen LogP contribution in [-0.4, -0.2) is 43.2 Å². The Morgan fingerprint density at radius 3 is 2.72 bits per heavy atom. The first-order valence-electron chi connectivity index (χ1n) is 9.37. The summed E-state index contributed by atoms with van der Waals surface area (Å²) in [5, 5.41) is 5.92. The quantitative estimate of drug-likeness (QED) is 0.638. The lowest BCUT2D eigenvalue weighted by molar-refractivity contribution is -0.121. The van der Waals surface area contributed by atoms with Gasteiger partial charge in [0, 0.05) is 30.9 Å². The van der Waals surface area contributed by atoms with Gasteiger partial charge >= 0.3 is 6.03 Å². The zero-order valence-electron chi connectivity index (χ0n) is 15.9. The lowest BCUT2D eigenvalue weighted by Gasteiger charge is -2.28. The molecule has 0 saturated carbocycles. The molecular weight excluding hydrogens is 394 g/mol. The van der Waals surface area contributed by atoms with E-state index in [1.165, 1.54) is 0 Å². The molecule has 1 saturated heterocycles. The van der Waals surface area contributed by atoms with Gasteiger partial charge in [-0.25, -0.2) is 9.78 Å². The fraction of sp³-hybridized carbons (Fsp3) is 0.350. The number of benzene rings is 1. The minimum absolute atomic E-state index is 0.0219. The molecule has 4 N–H and O–H groups in total. The number of carbonyl (C=O) groups excluding carboxylic acids is 2. The number of aromatic nitrogens is 1. The summed E-state index contributed by atoms with van der Waals surface area (Å²) >= 11 is 6.21. The molecule has 1 unspecified atom stereocenters. The Bertz CT molecular complexity index is 858. The molecule has 0 radical (unpaired) electrons. The number of anilines is 1. The smallest absolute Gasteiger partial charge is 0.312 e. The van der Waals surface area contributed by atoms with Crippen LogP contribution in [0, 0.1) is 0 Å². The molecular formula is C20H24ClN5O3. The number of morpholine rings is 1. The average molecular weight is 418 g/mol. The lowest BCUT2D eigenvalue weighted by atomic mass is 10.0. The van der Waals surface area contributed by atoms with Crippen molar-refractivity contribution in [2.75, 3.05) is 31.2 Å². The van der Waals surface area contributed by atoms with Crippen LogP contribution in [0.15, 0.2) is 42.6 Å². The highest BCUT2D eigenvalue weighted by atomic mass is 35.5. The first-order valence-corrected chi connectivity index (χ1v) is 9.75. The van der Waals surface area contributed by atoms with E-state index in [4.69, 9.17) is 22.1 Å². The second-order valence-corrected chi connectivity index (χ2v) is 7.09. The van der Waals surface area contributed by atoms with Crippen LogP contribution in [0.1, 0.15) is 23.6 Å². The van der Waals surface area contributed by atoms with Gasteiger partial charge < -0.3 is 26.0 Å². The summed E-state index contributed by atoms with van der Waals surface area (Å²) in [6.07, 6.45) is 1.75. The second-order valence-electron chi connectivity index (χ2n) is 6.69. The fourth-order valence-corrected chi connectivity index (χ4v) is 3.43. The Kier molecular flexibility index (Phi) is 7.26. The molecule has 1 aromatic carbocycles. The average Bonchev–Trinajstić information content (AvgIpc) is 2.73. The van der Waals surface area contributed by atoms with Crippen molar-refractivity contribution in [1.82, 2.24) is 15.6 Å². The highest BCUT2D eigenvalue weighted by molar-refractivity contribution is 6.31. The number of nitrogens with zero attached hydrogens (tertiary/aromatic N) is 2. The lowest BCUT2D eigenvalue weighted by Crippen LogP contribution is -2.37. The molecule has 1 atom stereocenters. The van der Waals surface area contributed by atoms with Crippen molar-refractivity contribution < 1.29 is 14.3 Å². The van der Waals surface area contributed by atoms with Crippen LogP contribution in [0.3, 0.4) is 0 Å². The third kappa shape index (κ3) is 6.07. The number of halogens is 1. The molecule has 1 aromatic heterocycles. The zero-order valence-corrected chi connectivity index (χ0v) is 16.7. The minimum Gasteiger partial charge on any atom is -0.378 e. The number of hydrogen-bond donors (Lipinski definition) is 3. The van der Waals surface area contributed by atoms with Gasteiger partial charge in [0.1, 0.15) is 5.82 Å². The number of amides is 3. The molecule has 8 nitrogen and oxygen atoms in total. The third-order valence-electron chi connectivity index (χ3n) is 4.62. The van der Waals surface area contributed by atoms with E-state index in [0.717, 1.165) is 24.5 Å². The molecule has 3 amide bonds. The van der Waals surface area contributed by atoms with Crippen molar-refractivity contribution in [3.8, 4) is 0 Å². The summed E-state index contributed by atoms with van der Waals surface area (Å²) in [4.78, 5) is 30.4. The van der Waals surface area contributed by atoms with Crippen LogP contribution in [0.4, 0.5) is 10.6 Å². The van der Waals surface area contributed by atoms with E-state index in [9.17, 15) is 9.59 Å². The largest absolute Gasteiger partial charge is 0.378 e. The predicted molar refractivity (Wildman–Crippen MR) is 111 cm³/mol. The highest BCUT2D eigenvalue weighted by Gasteiger charge is 2.20. The minimum atomic E-state index is -0.716. The molecule has 1 aliphatic heterocycles. The number of primary amides is 1. The van der Waals surface area contributed by atoms with E-state index >= 15 is 0 Å². The monoisotopic (exact) mass is 417 g/mol. The molecule has 0 bridgehead atoms. The van der Waals surface area contributed by atoms with Gasteiger partial charge in [-0.3, -0.25) is 4.79 Å². The van der Waals surface area contributed by atoms with Crippen LogP contribution in [-0.2, 0) is 16.1 Å². The SMILES string of the molecule is NC(=O)NC(CC(=O)NCc1ccnc(N2CCOCC2)c1)c1ccccc1Cl. The standard InChI is InChI=1S/C20H24ClN5O3/c21-16-4-2-1-3-15(16)17(25-20(22)28)12-19(27)24-13-14-5-6-23-18(11-14)26-7-9-29-10-8-26/h1-6,11,17H,7-10,12-13H2,(H,24,27)(H3,22,25,28). The first kappa shape index (κ1) is 20.9. The topological polar surface area (TPSA) is 110 Å². The highest BCUT2D eigenvalue weighted by Crippen LogP contribution is 2.25. The number of rotatable bonds is 7. The van der Waals surface area contributed by atoms with E-state index in [1.54, 1.807) is 30.5 Å². The van der Waals surface area contributed by atoms with Crippen LogP contribution in [0.25, 0.3) is 0 Å². The van der Waals surface area contributed by atoms with Gasteiger partial charge in [0.2, 0.25) is 5.91 Å². The summed E-state index contributed by atoms with van der Waals surface area (Å²) in [6.45, 7) is 3.30. The van der Waals surface area contributed by atoms with Gasteiger partial charge in [-0.2, -0.15) is 0 Å². The summed E-state index contributed by atoms with van der Waals surface area (Å²) in [6, 6.07) is 9.52. The maximum atomic E-state index is 12.5. The molecule has 2 aromatic rings. The molecule has 0 spiro atoms. The summed E-state index contributed by atoms with van der Waals surface area (Å²) < 4.78 is 5.36. The van der Waals surface area contributed by atoms with Gasteiger partial charge in [-0.15, -0.1) is 0 Å². The Morgan fingerprint density at radius 1 is 1.24 bits per heavy atom. The van der Waals surface area contributed by atoms with Crippen LogP contribution in [0.5, 0.6) is 0 Å². The van der Waals surface area contributed by atoms with Crippen LogP contribution in [0.2, 0.25) is 5.02 Å². The van der Waals surface area contributed by atoms with Crippen LogP contribution < -0.4 is 21.3 Å². The third-order valence-corrected chi connectivity index (χ3v) is 4.97. The van der Waals surface area contributed by atoms with E-state index < -0.39 is 12.1 Å². The van der Waals surface area contributed by atoms with Gasteiger partial charge in [-0.1, -0.05) is 29.8 Å². The molecule has 29 heavy (non-hydrogen) atoms. The molecule has 0 aliphatic carbocycles. The van der Waals surface area contributed by atoms with Crippen molar-refractivity contribution in [2.45, 2.75) is 19.0 Å².